The van der Waals surface area contributed by atoms with Crippen molar-refractivity contribution in [2.75, 3.05) is 26.2 Å². The molecule has 18 heavy (non-hydrogen) atoms. The molecule has 1 fully saturated rings. The first-order chi connectivity index (χ1) is 8.54. The lowest BCUT2D eigenvalue weighted by atomic mass is 10.3. The molecule has 1 heterocycles. The summed E-state index contributed by atoms with van der Waals surface area (Å²) in [5, 5.41) is 0.510. The molecule has 0 amide bonds. The summed E-state index contributed by atoms with van der Waals surface area (Å²) in [5.41, 5.74) is 5.50. The summed E-state index contributed by atoms with van der Waals surface area (Å²) in [4.78, 5) is 0.240. The predicted molar refractivity (Wildman–Crippen MR) is 69.0 cm³/mol. The van der Waals surface area contributed by atoms with Crippen LogP contribution in [0.5, 0.6) is 0 Å². The van der Waals surface area contributed by atoms with Crippen LogP contribution >= 0.6 is 11.6 Å². The first-order valence-electron chi connectivity index (χ1n) is 5.61. The summed E-state index contributed by atoms with van der Waals surface area (Å²) in [6.07, 6.45) is -0.235. The normalized spacial score (nSPS) is 22.0. The molecule has 1 aromatic carbocycles. The van der Waals surface area contributed by atoms with E-state index in [1.165, 1.54) is 16.4 Å². The first-order valence-corrected chi connectivity index (χ1v) is 7.43. The summed E-state index contributed by atoms with van der Waals surface area (Å²) < 4.78 is 31.4. The highest BCUT2D eigenvalue weighted by atomic mass is 35.5. The van der Waals surface area contributed by atoms with Crippen LogP contribution in [-0.4, -0.2) is 45.1 Å². The van der Waals surface area contributed by atoms with Crippen LogP contribution in [0.2, 0.25) is 5.02 Å². The van der Waals surface area contributed by atoms with E-state index in [2.05, 4.69) is 0 Å². The second kappa shape index (κ2) is 5.54. The average Bonchev–Trinajstić information content (AvgIpc) is 2.39. The van der Waals surface area contributed by atoms with Crippen molar-refractivity contribution in [3.8, 4) is 0 Å². The van der Waals surface area contributed by atoms with Crippen LogP contribution in [0.3, 0.4) is 0 Å². The zero-order valence-corrected chi connectivity index (χ0v) is 11.3. The second-order valence-electron chi connectivity index (χ2n) is 4.05. The minimum atomic E-state index is -3.48. The van der Waals surface area contributed by atoms with E-state index >= 15 is 0 Å². The Bertz CT molecular complexity index is 504. The van der Waals surface area contributed by atoms with Crippen molar-refractivity contribution in [3.05, 3.63) is 29.3 Å². The van der Waals surface area contributed by atoms with Gasteiger partial charge in [0.25, 0.3) is 0 Å². The Labute approximate surface area is 112 Å². The number of morpholine rings is 1. The van der Waals surface area contributed by atoms with E-state index in [-0.39, 0.29) is 11.0 Å². The van der Waals surface area contributed by atoms with E-state index in [9.17, 15) is 8.42 Å². The molecule has 7 heteroatoms. The van der Waals surface area contributed by atoms with Crippen LogP contribution in [0.4, 0.5) is 0 Å². The summed E-state index contributed by atoms with van der Waals surface area (Å²) in [6.45, 7) is 1.32. The van der Waals surface area contributed by atoms with Crippen molar-refractivity contribution >= 4 is 21.6 Å². The van der Waals surface area contributed by atoms with Crippen molar-refractivity contribution < 1.29 is 13.2 Å². The summed E-state index contributed by atoms with van der Waals surface area (Å²) in [5.74, 6) is 0. The molecule has 1 aromatic rings. The minimum absolute atomic E-state index is 0.235. The number of benzene rings is 1. The van der Waals surface area contributed by atoms with Gasteiger partial charge in [0.2, 0.25) is 10.0 Å². The monoisotopic (exact) mass is 290 g/mol. The zero-order chi connectivity index (χ0) is 13.2. The molecule has 100 valence electrons. The predicted octanol–water partition coefficient (Wildman–Crippen LogP) is 0.688. The summed E-state index contributed by atoms with van der Waals surface area (Å²) in [6, 6.07) is 6.14. The molecule has 0 bridgehead atoms. The molecule has 0 radical (unpaired) electrons. The largest absolute Gasteiger partial charge is 0.374 e. The molecule has 1 aliphatic heterocycles. The fourth-order valence-electron chi connectivity index (χ4n) is 1.81. The third-order valence-electron chi connectivity index (χ3n) is 2.82. The Morgan fingerprint density at radius 1 is 1.39 bits per heavy atom. The highest BCUT2D eigenvalue weighted by molar-refractivity contribution is 7.89. The number of hydrogen-bond donors (Lipinski definition) is 1. The van der Waals surface area contributed by atoms with Gasteiger partial charge in [-0.05, 0) is 24.3 Å². The maximum Gasteiger partial charge on any atom is 0.243 e. The van der Waals surface area contributed by atoms with E-state index in [1.807, 2.05) is 0 Å². The Morgan fingerprint density at radius 2 is 2.06 bits per heavy atom. The standard InChI is InChI=1S/C11H15ClN2O3S/c12-9-1-3-11(4-2-9)18(15,16)14-5-6-17-10(7-13)8-14/h1-4,10H,5-8,13H2. The van der Waals surface area contributed by atoms with Crippen molar-refractivity contribution in [1.82, 2.24) is 4.31 Å². The fourth-order valence-corrected chi connectivity index (χ4v) is 3.39. The fraction of sp³-hybridized carbons (Fsp3) is 0.455. The van der Waals surface area contributed by atoms with Crippen LogP contribution in [0.1, 0.15) is 0 Å². The van der Waals surface area contributed by atoms with E-state index in [1.54, 1.807) is 12.1 Å². The molecule has 2 rings (SSSR count). The lowest BCUT2D eigenvalue weighted by Crippen LogP contribution is -2.48. The smallest absolute Gasteiger partial charge is 0.243 e. The molecule has 1 atom stereocenters. The zero-order valence-electron chi connectivity index (χ0n) is 9.75. The molecule has 0 aliphatic carbocycles. The summed E-state index contributed by atoms with van der Waals surface area (Å²) in [7, 11) is -3.48. The van der Waals surface area contributed by atoms with E-state index in [0.29, 0.717) is 31.3 Å². The number of nitrogens with two attached hydrogens (primary N) is 1. The van der Waals surface area contributed by atoms with Crippen LogP contribution in [0.15, 0.2) is 29.2 Å². The summed E-state index contributed by atoms with van der Waals surface area (Å²) >= 11 is 5.75. The third-order valence-corrected chi connectivity index (χ3v) is 4.95. The maximum atomic E-state index is 12.3. The van der Waals surface area contributed by atoms with Gasteiger partial charge in [-0.3, -0.25) is 0 Å². The topological polar surface area (TPSA) is 72.6 Å². The molecular formula is C11H15ClN2O3S. The SMILES string of the molecule is NCC1CN(S(=O)(=O)c2ccc(Cl)cc2)CCO1. The molecule has 1 unspecified atom stereocenters. The molecule has 5 nitrogen and oxygen atoms in total. The number of nitrogens with zero attached hydrogens (tertiary/aromatic N) is 1. The average molecular weight is 291 g/mol. The van der Waals surface area contributed by atoms with Gasteiger partial charge in [0.15, 0.2) is 0 Å². The molecule has 1 aliphatic rings. The molecule has 0 spiro atoms. The molecule has 0 saturated carbocycles. The molecule has 1 saturated heterocycles. The number of halogens is 1. The Balaban J connectivity index is 2.22. The van der Waals surface area contributed by atoms with Crippen molar-refractivity contribution in [2.45, 2.75) is 11.0 Å². The minimum Gasteiger partial charge on any atom is -0.374 e. The Hall–Kier alpha value is -0.660. The second-order valence-corrected chi connectivity index (χ2v) is 6.42. The van der Waals surface area contributed by atoms with Gasteiger partial charge in [-0.15, -0.1) is 0 Å². The van der Waals surface area contributed by atoms with E-state index in [4.69, 9.17) is 22.1 Å². The molecule has 0 aromatic heterocycles. The van der Waals surface area contributed by atoms with E-state index in [0.717, 1.165) is 0 Å². The number of hydrogen-bond acceptors (Lipinski definition) is 4. The maximum absolute atomic E-state index is 12.3. The van der Waals surface area contributed by atoms with E-state index < -0.39 is 10.0 Å². The molecule has 2 N–H and O–H groups in total. The van der Waals surface area contributed by atoms with Crippen LogP contribution < -0.4 is 5.73 Å². The van der Waals surface area contributed by atoms with Gasteiger partial charge in [-0.1, -0.05) is 11.6 Å². The number of sulfonamides is 1. The van der Waals surface area contributed by atoms with Gasteiger partial charge in [0.1, 0.15) is 0 Å². The number of ether oxygens (including phenoxy) is 1. The van der Waals surface area contributed by atoms with Gasteiger partial charge in [-0.25, -0.2) is 8.42 Å². The first kappa shape index (κ1) is 13.8. The van der Waals surface area contributed by atoms with Gasteiger partial charge < -0.3 is 10.5 Å². The molecular weight excluding hydrogens is 276 g/mol. The van der Waals surface area contributed by atoms with Crippen molar-refractivity contribution in [3.63, 3.8) is 0 Å². The van der Waals surface area contributed by atoms with Crippen LogP contribution in [-0.2, 0) is 14.8 Å². The number of rotatable bonds is 3. The third kappa shape index (κ3) is 2.84. The lowest BCUT2D eigenvalue weighted by Gasteiger charge is -2.31. The van der Waals surface area contributed by atoms with Crippen molar-refractivity contribution in [2.24, 2.45) is 5.73 Å². The highest BCUT2D eigenvalue weighted by Gasteiger charge is 2.30. The Kier molecular flexibility index (Phi) is 4.24. The van der Waals surface area contributed by atoms with Crippen molar-refractivity contribution in [1.29, 1.82) is 0 Å². The highest BCUT2D eigenvalue weighted by Crippen LogP contribution is 2.20. The van der Waals surface area contributed by atoms with Gasteiger partial charge in [0.05, 0.1) is 17.6 Å². The quantitative estimate of drug-likeness (QED) is 0.889. The Morgan fingerprint density at radius 3 is 2.67 bits per heavy atom. The van der Waals surface area contributed by atoms with Gasteiger partial charge in [0, 0.05) is 24.7 Å². The van der Waals surface area contributed by atoms with Crippen LogP contribution in [0.25, 0.3) is 0 Å². The lowest BCUT2D eigenvalue weighted by molar-refractivity contribution is 0.00450. The van der Waals surface area contributed by atoms with Gasteiger partial charge >= 0.3 is 0 Å². The van der Waals surface area contributed by atoms with Crippen LogP contribution in [0, 0.1) is 0 Å². The van der Waals surface area contributed by atoms with Gasteiger partial charge in [-0.2, -0.15) is 4.31 Å².